The highest BCUT2D eigenvalue weighted by atomic mass is 127. The van der Waals surface area contributed by atoms with Crippen LogP contribution in [0.2, 0.25) is 0 Å². The normalized spacial score (nSPS) is 10.8. The predicted molar refractivity (Wildman–Crippen MR) is 112 cm³/mol. The Morgan fingerprint density at radius 1 is 1.11 bits per heavy atom. The second kappa shape index (κ2) is 8.70. The van der Waals surface area contributed by atoms with Gasteiger partial charge in [-0.1, -0.05) is 12.1 Å². The Balaban J connectivity index is 1.65. The Morgan fingerprint density at radius 2 is 1.82 bits per heavy atom. The van der Waals surface area contributed by atoms with E-state index in [1.807, 2.05) is 0 Å². The minimum Gasteiger partial charge on any atom is -0.496 e. The Bertz CT molecular complexity index is 1040. The van der Waals surface area contributed by atoms with E-state index < -0.39 is 5.97 Å². The maximum absolute atomic E-state index is 12.2. The Hall–Kier alpha value is -3.14. The summed E-state index contributed by atoms with van der Waals surface area (Å²) in [4.78, 5) is 23.1. The van der Waals surface area contributed by atoms with Gasteiger partial charge in [0.25, 0.3) is 5.91 Å². The number of aromatic carboxylic acids is 1. The highest BCUT2D eigenvalue weighted by Crippen LogP contribution is 2.23. The number of carboxylic acid groups (broad SMARTS) is 1. The lowest BCUT2D eigenvalue weighted by atomic mass is 10.1. The van der Waals surface area contributed by atoms with Crippen LogP contribution in [0.15, 0.2) is 64.1 Å². The molecule has 8 heteroatoms. The molecule has 0 spiro atoms. The smallest absolute Gasteiger partial charge is 0.335 e. The van der Waals surface area contributed by atoms with Gasteiger partial charge in [-0.3, -0.25) is 4.79 Å². The van der Waals surface area contributed by atoms with Crippen molar-refractivity contribution < 1.29 is 23.8 Å². The fourth-order valence-corrected chi connectivity index (χ4v) is 2.93. The monoisotopic (exact) mass is 490 g/mol. The molecule has 0 radical (unpaired) electrons. The second-order valence-electron chi connectivity index (χ2n) is 5.63. The summed E-state index contributed by atoms with van der Waals surface area (Å²) >= 11 is 2.12. The van der Waals surface area contributed by atoms with Crippen molar-refractivity contribution in [2.75, 3.05) is 7.11 Å². The molecule has 3 rings (SSSR count). The number of carbonyl (C=O) groups excluding carboxylic acids is 1. The summed E-state index contributed by atoms with van der Waals surface area (Å²) in [6.45, 7) is 0. The molecule has 2 aromatic carbocycles. The third kappa shape index (κ3) is 4.58. The van der Waals surface area contributed by atoms with Crippen LogP contribution in [-0.2, 0) is 0 Å². The van der Waals surface area contributed by atoms with Crippen LogP contribution in [0.25, 0.3) is 11.3 Å². The number of methoxy groups -OCH3 is 1. The van der Waals surface area contributed by atoms with Crippen LogP contribution < -0.4 is 10.2 Å². The van der Waals surface area contributed by atoms with Crippen LogP contribution >= 0.6 is 22.6 Å². The van der Waals surface area contributed by atoms with Gasteiger partial charge in [-0.15, -0.1) is 0 Å². The molecule has 1 amide bonds. The van der Waals surface area contributed by atoms with Crippen LogP contribution in [0.3, 0.4) is 0 Å². The van der Waals surface area contributed by atoms with E-state index in [1.54, 1.807) is 49.6 Å². The number of amides is 1. The summed E-state index contributed by atoms with van der Waals surface area (Å²) in [5.41, 5.74) is 3.80. The van der Waals surface area contributed by atoms with Gasteiger partial charge in [0, 0.05) is 11.1 Å². The zero-order chi connectivity index (χ0) is 20.1. The van der Waals surface area contributed by atoms with E-state index in [4.69, 9.17) is 14.3 Å². The van der Waals surface area contributed by atoms with Crippen LogP contribution in [-0.4, -0.2) is 30.3 Å². The SMILES string of the molecule is COc1cc(C(=O)NN=Cc2ccc(-c3ccc(C(=O)O)cc3)o2)ccc1I. The molecule has 0 saturated carbocycles. The topological polar surface area (TPSA) is 101 Å². The van der Waals surface area contributed by atoms with Crippen molar-refractivity contribution >= 4 is 40.7 Å². The maximum atomic E-state index is 12.2. The number of carbonyl (C=O) groups is 2. The number of carboxylic acids is 1. The molecule has 142 valence electrons. The lowest BCUT2D eigenvalue weighted by Gasteiger charge is -2.05. The molecular weight excluding hydrogens is 475 g/mol. The van der Waals surface area contributed by atoms with Gasteiger partial charge < -0.3 is 14.3 Å². The second-order valence-corrected chi connectivity index (χ2v) is 6.80. The standard InChI is InChI=1S/C20H15IN2O5/c1-27-18-10-14(6-8-16(18)21)19(24)23-22-11-15-7-9-17(28-15)12-2-4-13(5-3-12)20(25)26/h2-11H,1H3,(H,23,24)(H,25,26). The molecule has 0 aliphatic rings. The van der Waals surface area contributed by atoms with E-state index >= 15 is 0 Å². The minimum absolute atomic E-state index is 0.201. The fraction of sp³-hybridized carbons (Fsp3) is 0.0500. The van der Waals surface area contributed by atoms with Crippen LogP contribution in [0.1, 0.15) is 26.5 Å². The highest BCUT2D eigenvalue weighted by molar-refractivity contribution is 14.1. The number of hydrogen-bond donors (Lipinski definition) is 2. The molecule has 7 nitrogen and oxygen atoms in total. The molecule has 0 unspecified atom stereocenters. The summed E-state index contributed by atoms with van der Waals surface area (Å²) < 4.78 is 11.7. The van der Waals surface area contributed by atoms with Crippen molar-refractivity contribution in [1.82, 2.24) is 5.43 Å². The van der Waals surface area contributed by atoms with E-state index in [2.05, 4.69) is 33.1 Å². The van der Waals surface area contributed by atoms with E-state index in [-0.39, 0.29) is 11.5 Å². The zero-order valence-corrected chi connectivity index (χ0v) is 16.8. The molecule has 3 aromatic rings. The third-order valence-electron chi connectivity index (χ3n) is 3.81. The van der Waals surface area contributed by atoms with E-state index in [0.29, 0.717) is 22.8 Å². The summed E-state index contributed by atoms with van der Waals surface area (Å²) in [5, 5.41) is 12.8. The molecule has 28 heavy (non-hydrogen) atoms. The zero-order valence-electron chi connectivity index (χ0n) is 14.7. The van der Waals surface area contributed by atoms with Gasteiger partial charge in [0.15, 0.2) is 0 Å². The fourth-order valence-electron chi connectivity index (χ4n) is 2.37. The number of furan rings is 1. The van der Waals surface area contributed by atoms with Gasteiger partial charge >= 0.3 is 5.97 Å². The number of ether oxygens (including phenoxy) is 1. The largest absolute Gasteiger partial charge is 0.496 e. The van der Waals surface area contributed by atoms with Gasteiger partial charge in [0.05, 0.1) is 22.5 Å². The van der Waals surface area contributed by atoms with E-state index in [1.165, 1.54) is 18.3 Å². The average Bonchev–Trinajstić information content (AvgIpc) is 3.17. The number of nitrogens with zero attached hydrogens (tertiary/aromatic N) is 1. The molecule has 2 N–H and O–H groups in total. The molecule has 0 saturated heterocycles. The molecule has 0 atom stereocenters. The molecule has 0 aliphatic carbocycles. The van der Waals surface area contributed by atoms with Crippen molar-refractivity contribution in [2.45, 2.75) is 0 Å². The number of halogens is 1. The van der Waals surface area contributed by atoms with E-state index in [9.17, 15) is 9.59 Å². The van der Waals surface area contributed by atoms with Crippen molar-refractivity contribution in [2.24, 2.45) is 5.10 Å². The first kappa shape index (κ1) is 19.6. The molecule has 1 aromatic heterocycles. The summed E-state index contributed by atoms with van der Waals surface area (Å²) in [7, 11) is 1.54. The molecule has 0 bridgehead atoms. The van der Waals surface area contributed by atoms with Crippen molar-refractivity contribution in [3.8, 4) is 17.1 Å². The first-order valence-electron chi connectivity index (χ1n) is 8.08. The van der Waals surface area contributed by atoms with Crippen LogP contribution in [0.5, 0.6) is 5.75 Å². The van der Waals surface area contributed by atoms with Gasteiger partial charge in [0.2, 0.25) is 0 Å². The number of hydrazone groups is 1. The number of hydrogen-bond acceptors (Lipinski definition) is 5. The maximum Gasteiger partial charge on any atom is 0.335 e. The predicted octanol–water partition coefficient (Wildman–Crippen LogP) is 4.02. The van der Waals surface area contributed by atoms with Gasteiger partial charge in [-0.05, 0) is 65.1 Å². The number of benzene rings is 2. The summed E-state index contributed by atoms with van der Waals surface area (Å²) in [6.07, 6.45) is 1.39. The highest BCUT2D eigenvalue weighted by Gasteiger charge is 2.09. The first-order valence-corrected chi connectivity index (χ1v) is 9.16. The van der Waals surface area contributed by atoms with Gasteiger partial charge in [-0.2, -0.15) is 5.10 Å². The number of rotatable bonds is 6. The quantitative estimate of drug-likeness (QED) is 0.309. The lowest BCUT2D eigenvalue weighted by molar-refractivity contribution is 0.0696. The Morgan fingerprint density at radius 3 is 2.50 bits per heavy atom. The minimum atomic E-state index is -0.986. The Kier molecular flexibility index (Phi) is 6.09. The van der Waals surface area contributed by atoms with Crippen LogP contribution in [0, 0.1) is 3.57 Å². The molecule has 0 aliphatic heterocycles. The van der Waals surface area contributed by atoms with E-state index in [0.717, 1.165) is 9.13 Å². The summed E-state index contributed by atoms with van der Waals surface area (Å²) in [5.74, 6) is 0.258. The molecule has 1 heterocycles. The van der Waals surface area contributed by atoms with Crippen LogP contribution in [0.4, 0.5) is 0 Å². The lowest BCUT2D eigenvalue weighted by Crippen LogP contribution is -2.17. The Labute approximate surface area is 174 Å². The van der Waals surface area contributed by atoms with Crippen molar-refractivity contribution in [3.05, 3.63) is 75.1 Å². The molecule has 0 fully saturated rings. The van der Waals surface area contributed by atoms with Gasteiger partial charge in [0.1, 0.15) is 17.3 Å². The average molecular weight is 490 g/mol. The van der Waals surface area contributed by atoms with Crippen molar-refractivity contribution in [1.29, 1.82) is 0 Å². The van der Waals surface area contributed by atoms with Crippen molar-refractivity contribution in [3.63, 3.8) is 0 Å². The number of nitrogens with one attached hydrogen (secondary N) is 1. The third-order valence-corrected chi connectivity index (χ3v) is 4.71. The first-order chi connectivity index (χ1) is 13.5. The van der Waals surface area contributed by atoms with Gasteiger partial charge in [-0.25, -0.2) is 10.2 Å². The molecular formula is C20H15IN2O5. The summed E-state index contributed by atoms with van der Waals surface area (Å²) in [6, 6.07) is 14.9.